The van der Waals surface area contributed by atoms with Crippen LogP contribution in [0.3, 0.4) is 0 Å². The maximum absolute atomic E-state index is 12.0. The van der Waals surface area contributed by atoms with Gasteiger partial charge < -0.3 is 9.84 Å². The maximum atomic E-state index is 12.0. The molecule has 0 aliphatic heterocycles. The highest BCUT2D eigenvalue weighted by Gasteiger charge is 2.18. The van der Waals surface area contributed by atoms with Gasteiger partial charge >= 0.3 is 0 Å². The Bertz CT molecular complexity index is 488. The van der Waals surface area contributed by atoms with Crippen LogP contribution < -0.4 is 9.46 Å². The van der Waals surface area contributed by atoms with Crippen LogP contribution >= 0.6 is 0 Å². The lowest BCUT2D eigenvalue weighted by molar-refractivity contribution is 0.201. The quantitative estimate of drug-likeness (QED) is 0.829. The van der Waals surface area contributed by atoms with Crippen molar-refractivity contribution in [3.8, 4) is 5.75 Å². The van der Waals surface area contributed by atoms with Gasteiger partial charge in [0, 0.05) is 6.54 Å². The number of sulfonamides is 1. The predicted molar refractivity (Wildman–Crippen MR) is 73.7 cm³/mol. The van der Waals surface area contributed by atoms with E-state index in [1.165, 1.54) is 12.1 Å². The van der Waals surface area contributed by atoms with Crippen molar-refractivity contribution in [2.75, 3.05) is 19.8 Å². The van der Waals surface area contributed by atoms with Gasteiger partial charge in [0.05, 0.1) is 11.5 Å². The van der Waals surface area contributed by atoms with Crippen LogP contribution in [-0.4, -0.2) is 33.3 Å². The van der Waals surface area contributed by atoms with Crippen molar-refractivity contribution < 1.29 is 18.3 Å². The standard InChI is InChI=1S/C13H21NO4S/c1-13(2,3)10-14-19(16,17)12-6-4-11(5-7-12)18-9-8-15/h4-7,14-15H,8-10H2,1-3H3. The van der Waals surface area contributed by atoms with Gasteiger partial charge in [-0.3, -0.25) is 0 Å². The number of hydrogen-bond donors (Lipinski definition) is 2. The molecule has 1 aromatic rings. The van der Waals surface area contributed by atoms with Crippen molar-refractivity contribution in [3.05, 3.63) is 24.3 Å². The second kappa shape index (κ2) is 6.36. The Morgan fingerprint density at radius 1 is 1.21 bits per heavy atom. The molecule has 19 heavy (non-hydrogen) atoms. The lowest BCUT2D eigenvalue weighted by Gasteiger charge is -2.18. The van der Waals surface area contributed by atoms with Gasteiger partial charge in [0.15, 0.2) is 0 Å². The third-order valence-corrected chi connectivity index (χ3v) is 3.70. The lowest BCUT2D eigenvalue weighted by Crippen LogP contribution is -2.32. The number of nitrogens with one attached hydrogen (secondary N) is 1. The monoisotopic (exact) mass is 287 g/mol. The van der Waals surface area contributed by atoms with Crippen molar-refractivity contribution in [1.82, 2.24) is 4.72 Å². The average Bonchev–Trinajstić information content (AvgIpc) is 2.34. The Morgan fingerprint density at radius 2 is 1.79 bits per heavy atom. The van der Waals surface area contributed by atoms with Crippen molar-refractivity contribution in [3.63, 3.8) is 0 Å². The topological polar surface area (TPSA) is 75.6 Å². The molecular weight excluding hydrogens is 266 g/mol. The molecule has 0 spiro atoms. The zero-order chi connectivity index (χ0) is 14.5. The second-order valence-electron chi connectivity index (χ2n) is 5.43. The molecule has 0 aliphatic carbocycles. The number of hydrogen-bond acceptors (Lipinski definition) is 4. The van der Waals surface area contributed by atoms with Gasteiger partial charge in [-0.25, -0.2) is 13.1 Å². The van der Waals surface area contributed by atoms with Crippen LogP contribution in [0.5, 0.6) is 5.75 Å². The smallest absolute Gasteiger partial charge is 0.240 e. The van der Waals surface area contributed by atoms with E-state index in [4.69, 9.17) is 9.84 Å². The van der Waals surface area contributed by atoms with Crippen LogP contribution in [0.1, 0.15) is 20.8 Å². The second-order valence-corrected chi connectivity index (χ2v) is 7.20. The molecule has 0 aliphatic rings. The summed E-state index contributed by atoms with van der Waals surface area (Å²) in [6.45, 7) is 6.36. The first-order valence-corrected chi connectivity index (χ1v) is 7.56. The minimum atomic E-state index is -3.49. The van der Waals surface area contributed by atoms with Crippen LogP contribution in [0.25, 0.3) is 0 Å². The van der Waals surface area contributed by atoms with Crippen LogP contribution in [-0.2, 0) is 10.0 Å². The molecule has 0 bridgehead atoms. The first kappa shape index (κ1) is 15.9. The molecule has 0 radical (unpaired) electrons. The number of aliphatic hydroxyl groups is 1. The molecule has 5 nitrogen and oxygen atoms in total. The normalized spacial score (nSPS) is 12.4. The molecule has 0 saturated carbocycles. The van der Waals surface area contributed by atoms with Crippen molar-refractivity contribution in [1.29, 1.82) is 0 Å². The summed E-state index contributed by atoms with van der Waals surface area (Å²) in [7, 11) is -3.49. The molecule has 108 valence electrons. The predicted octanol–water partition coefficient (Wildman–Crippen LogP) is 1.38. The molecule has 0 aromatic heterocycles. The Morgan fingerprint density at radius 3 is 2.26 bits per heavy atom. The molecule has 0 fully saturated rings. The third kappa shape index (κ3) is 5.59. The van der Waals surface area contributed by atoms with E-state index in [0.29, 0.717) is 12.3 Å². The summed E-state index contributed by atoms with van der Waals surface area (Å²) in [6, 6.07) is 6.11. The van der Waals surface area contributed by atoms with Gasteiger partial charge in [-0.05, 0) is 29.7 Å². The third-order valence-electron chi connectivity index (χ3n) is 2.29. The van der Waals surface area contributed by atoms with E-state index >= 15 is 0 Å². The van der Waals surface area contributed by atoms with Crippen LogP contribution in [0, 0.1) is 5.41 Å². The molecule has 0 unspecified atom stereocenters. The highest BCUT2D eigenvalue weighted by molar-refractivity contribution is 7.89. The molecule has 0 saturated heterocycles. The first-order valence-electron chi connectivity index (χ1n) is 6.08. The summed E-state index contributed by atoms with van der Waals surface area (Å²) in [4.78, 5) is 0.202. The van der Waals surface area contributed by atoms with E-state index in [1.807, 2.05) is 20.8 Å². The zero-order valence-electron chi connectivity index (χ0n) is 11.5. The van der Waals surface area contributed by atoms with E-state index in [0.717, 1.165) is 0 Å². The van der Waals surface area contributed by atoms with Crippen LogP contribution in [0.15, 0.2) is 29.2 Å². The minimum Gasteiger partial charge on any atom is -0.491 e. The summed E-state index contributed by atoms with van der Waals surface area (Å²) in [5, 5.41) is 8.63. The molecule has 6 heteroatoms. The molecule has 1 rings (SSSR count). The van der Waals surface area contributed by atoms with Gasteiger partial charge in [0.25, 0.3) is 0 Å². The van der Waals surface area contributed by atoms with E-state index in [-0.39, 0.29) is 23.5 Å². The van der Waals surface area contributed by atoms with E-state index in [1.54, 1.807) is 12.1 Å². The van der Waals surface area contributed by atoms with Gasteiger partial charge in [-0.1, -0.05) is 20.8 Å². The average molecular weight is 287 g/mol. The summed E-state index contributed by atoms with van der Waals surface area (Å²) in [5.41, 5.74) is -0.114. The summed E-state index contributed by atoms with van der Waals surface area (Å²) in [6.07, 6.45) is 0. The fourth-order valence-electron chi connectivity index (χ4n) is 1.27. The van der Waals surface area contributed by atoms with Gasteiger partial charge in [0.2, 0.25) is 10.0 Å². The SMILES string of the molecule is CC(C)(C)CNS(=O)(=O)c1ccc(OCCO)cc1. The highest BCUT2D eigenvalue weighted by atomic mass is 32.2. The van der Waals surface area contributed by atoms with Gasteiger partial charge in [0.1, 0.15) is 12.4 Å². The number of aliphatic hydroxyl groups excluding tert-OH is 1. The molecular formula is C13H21NO4S. The Labute approximate surface area is 114 Å². The van der Waals surface area contributed by atoms with Gasteiger partial charge in [-0.15, -0.1) is 0 Å². The fraction of sp³-hybridized carbons (Fsp3) is 0.538. The summed E-state index contributed by atoms with van der Waals surface area (Å²) < 4.78 is 31.8. The Hall–Kier alpha value is -1.11. The lowest BCUT2D eigenvalue weighted by atomic mass is 9.98. The molecule has 1 aromatic carbocycles. The zero-order valence-corrected chi connectivity index (χ0v) is 12.3. The summed E-state index contributed by atoms with van der Waals surface area (Å²) in [5.74, 6) is 0.531. The van der Waals surface area contributed by atoms with Crippen molar-refractivity contribution in [2.24, 2.45) is 5.41 Å². The van der Waals surface area contributed by atoms with Crippen molar-refractivity contribution in [2.45, 2.75) is 25.7 Å². The summed E-state index contributed by atoms with van der Waals surface area (Å²) >= 11 is 0. The maximum Gasteiger partial charge on any atom is 0.240 e. The molecule has 0 atom stereocenters. The van der Waals surface area contributed by atoms with Gasteiger partial charge in [-0.2, -0.15) is 0 Å². The molecule has 0 heterocycles. The number of rotatable bonds is 6. The Balaban J connectivity index is 2.73. The fourth-order valence-corrected chi connectivity index (χ4v) is 2.56. The Kier molecular flexibility index (Phi) is 5.34. The van der Waals surface area contributed by atoms with E-state index in [9.17, 15) is 8.42 Å². The van der Waals surface area contributed by atoms with Crippen molar-refractivity contribution >= 4 is 10.0 Å². The van der Waals surface area contributed by atoms with Crippen LogP contribution in [0.4, 0.5) is 0 Å². The first-order chi connectivity index (χ1) is 8.74. The molecule has 2 N–H and O–H groups in total. The number of benzene rings is 1. The van der Waals surface area contributed by atoms with Crippen LogP contribution in [0.2, 0.25) is 0 Å². The van der Waals surface area contributed by atoms with E-state index < -0.39 is 10.0 Å². The van der Waals surface area contributed by atoms with E-state index in [2.05, 4.69) is 4.72 Å². The number of ether oxygens (including phenoxy) is 1. The molecule has 0 amide bonds. The minimum absolute atomic E-state index is 0.0762. The largest absolute Gasteiger partial charge is 0.491 e. The highest BCUT2D eigenvalue weighted by Crippen LogP contribution is 2.17.